The van der Waals surface area contributed by atoms with Gasteiger partial charge in [0.15, 0.2) is 6.04 Å². The van der Waals surface area contributed by atoms with Crippen LogP contribution in [-0.2, 0) is 14.4 Å². The van der Waals surface area contributed by atoms with E-state index in [1.807, 2.05) is 0 Å². The number of benzene rings is 1. The molecule has 6 nitrogen and oxygen atoms in total. The fourth-order valence-corrected chi connectivity index (χ4v) is 1.94. The number of carboxylic acid groups (broad SMARTS) is 1. The number of para-hydroxylation sites is 1. The first-order valence-electron chi connectivity index (χ1n) is 5.47. The molecule has 1 atom stereocenters. The molecular weight excluding hydrogens is 250 g/mol. The number of rotatable bonds is 4. The van der Waals surface area contributed by atoms with E-state index in [4.69, 9.17) is 4.74 Å². The molecule has 0 aromatic heterocycles. The van der Waals surface area contributed by atoms with Gasteiger partial charge in [0.25, 0.3) is 11.8 Å². The van der Waals surface area contributed by atoms with Crippen LogP contribution in [0.3, 0.4) is 0 Å². The number of hydrogen-bond acceptors (Lipinski definition) is 4. The lowest BCUT2D eigenvalue weighted by molar-refractivity contribution is -0.153. The number of methoxy groups -OCH3 is 1. The van der Waals surface area contributed by atoms with Gasteiger partial charge in [-0.2, -0.15) is 0 Å². The van der Waals surface area contributed by atoms with Crippen molar-refractivity contribution in [1.29, 1.82) is 0 Å². The fraction of sp³-hybridized carbons (Fsp3) is 0.154. The number of ether oxygens (including phenoxy) is 1. The highest BCUT2D eigenvalue weighted by Crippen LogP contribution is 2.31. The average Bonchev–Trinajstić information content (AvgIpc) is 2.71. The molecule has 1 N–H and O–H groups in total. The van der Waals surface area contributed by atoms with Crippen LogP contribution in [-0.4, -0.2) is 34.9 Å². The second-order valence-corrected chi connectivity index (χ2v) is 3.86. The van der Waals surface area contributed by atoms with Crippen LogP contribution >= 0.6 is 0 Å². The summed E-state index contributed by atoms with van der Waals surface area (Å²) < 4.78 is 5.07. The molecule has 0 saturated heterocycles. The number of imide groups is 1. The zero-order chi connectivity index (χ0) is 14.0. The topological polar surface area (TPSA) is 83.9 Å². The number of carbonyl (C=O) groups excluding carboxylic acids is 2. The van der Waals surface area contributed by atoms with Crippen LogP contribution in [0.5, 0.6) is 5.75 Å². The maximum Gasteiger partial charge on any atom is 0.331 e. The molecule has 1 aromatic carbocycles. The van der Waals surface area contributed by atoms with Gasteiger partial charge in [0.2, 0.25) is 0 Å². The Kier molecular flexibility index (Phi) is 3.33. The molecule has 1 aromatic rings. The molecule has 2 amide bonds. The second-order valence-electron chi connectivity index (χ2n) is 3.86. The summed E-state index contributed by atoms with van der Waals surface area (Å²) >= 11 is 0. The molecule has 0 aliphatic carbocycles. The van der Waals surface area contributed by atoms with E-state index >= 15 is 0 Å². The normalized spacial score (nSPS) is 15.7. The lowest BCUT2D eigenvalue weighted by Gasteiger charge is -2.24. The van der Waals surface area contributed by atoms with E-state index in [1.54, 1.807) is 18.2 Å². The summed E-state index contributed by atoms with van der Waals surface area (Å²) in [6.45, 7) is 0. The summed E-state index contributed by atoms with van der Waals surface area (Å²) in [4.78, 5) is 35.3. The summed E-state index contributed by atoms with van der Waals surface area (Å²) in [6.07, 6.45) is 2.10. The number of hydrogen-bond donors (Lipinski definition) is 1. The minimum absolute atomic E-state index is 0.253. The SMILES string of the molecule is COc1ccccc1C(C(=O)O)N1C(=O)C=CC1=O. The largest absolute Gasteiger partial charge is 0.496 e. The lowest BCUT2D eigenvalue weighted by Crippen LogP contribution is -2.38. The molecule has 1 unspecified atom stereocenters. The summed E-state index contributed by atoms with van der Waals surface area (Å²) in [5.74, 6) is -2.29. The summed E-state index contributed by atoms with van der Waals surface area (Å²) in [5, 5.41) is 9.31. The van der Waals surface area contributed by atoms with E-state index in [-0.39, 0.29) is 5.56 Å². The standard InChI is InChI=1S/C13H11NO5/c1-19-9-5-3-2-4-8(9)12(13(17)18)14-10(15)6-7-11(14)16/h2-7,12H,1H3,(H,17,18). The minimum Gasteiger partial charge on any atom is -0.496 e. The Labute approximate surface area is 108 Å². The minimum atomic E-state index is -1.40. The van der Waals surface area contributed by atoms with E-state index in [9.17, 15) is 19.5 Å². The molecule has 0 saturated carbocycles. The van der Waals surface area contributed by atoms with Crippen LogP contribution in [0.4, 0.5) is 0 Å². The highest BCUT2D eigenvalue weighted by molar-refractivity contribution is 6.14. The maximum absolute atomic E-state index is 11.6. The Morgan fingerprint density at radius 1 is 1.21 bits per heavy atom. The first kappa shape index (κ1) is 12.8. The van der Waals surface area contributed by atoms with Crippen molar-refractivity contribution in [3.8, 4) is 5.75 Å². The van der Waals surface area contributed by atoms with Gasteiger partial charge in [-0.15, -0.1) is 0 Å². The van der Waals surface area contributed by atoms with Crippen molar-refractivity contribution in [3.63, 3.8) is 0 Å². The third-order valence-corrected chi connectivity index (χ3v) is 2.77. The molecule has 0 fully saturated rings. The molecule has 0 radical (unpaired) electrons. The van der Waals surface area contributed by atoms with E-state index < -0.39 is 23.8 Å². The Morgan fingerprint density at radius 3 is 2.32 bits per heavy atom. The Bertz CT molecular complexity index is 560. The van der Waals surface area contributed by atoms with Crippen LogP contribution in [0.15, 0.2) is 36.4 Å². The summed E-state index contributed by atoms with van der Waals surface area (Å²) in [6, 6.07) is 4.98. The highest BCUT2D eigenvalue weighted by Gasteiger charge is 2.38. The van der Waals surface area contributed by atoms with Crippen molar-refractivity contribution in [2.24, 2.45) is 0 Å². The summed E-state index contributed by atoms with van der Waals surface area (Å²) in [5.41, 5.74) is 0.253. The first-order valence-corrected chi connectivity index (χ1v) is 5.47. The molecule has 6 heteroatoms. The molecule has 0 spiro atoms. The van der Waals surface area contributed by atoms with Crippen LogP contribution in [0.25, 0.3) is 0 Å². The quantitative estimate of drug-likeness (QED) is 0.808. The van der Waals surface area contributed by atoms with E-state index in [0.717, 1.165) is 12.2 Å². The molecule has 2 rings (SSSR count). The van der Waals surface area contributed by atoms with E-state index in [1.165, 1.54) is 13.2 Å². The van der Waals surface area contributed by atoms with Gasteiger partial charge in [0.05, 0.1) is 7.11 Å². The van der Waals surface area contributed by atoms with Gasteiger partial charge in [0.1, 0.15) is 5.75 Å². The number of nitrogens with zero attached hydrogens (tertiary/aromatic N) is 1. The predicted octanol–water partition coefficient (Wildman–Crippen LogP) is 0.746. The van der Waals surface area contributed by atoms with Crippen LogP contribution in [0.1, 0.15) is 11.6 Å². The fourth-order valence-electron chi connectivity index (χ4n) is 1.94. The summed E-state index contributed by atoms with van der Waals surface area (Å²) in [7, 11) is 1.39. The molecule has 1 heterocycles. The van der Waals surface area contributed by atoms with Crippen molar-refractivity contribution in [2.45, 2.75) is 6.04 Å². The number of carbonyl (C=O) groups is 3. The van der Waals surface area contributed by atoms with E-state index in [2.05, 4.69) is 0 Å². The van der Waals surface area contributed by atoms with Crippen molar-refractivity contribution in [2.75, 3.05) is 7.11 Å². The van der Waals surface area contributed by atoms with Crippen molar-refractivity contribution in [1.82, 2.24) is 4.90 Å². The Morgan fingerprint density at radius 2 is 1.79 bits per heavy atom. The van der Waals surface area contributed by atoms with Gasteiger partial charge in [-0.3, -0.25) is 14.5 Å². The average molecular weight is 261 g/mol. The van der Waals surface area contributed by atoms with Crippen molar-refractivity contribution < 1.29 is 24.2 Å². The smallest absolute Gasteiger partial charge is 0.331 e. The van der Waals surface area contributed by atoms with Crippen molar-refractivity contribution >= 4 is 17.8 Å². The molecule has 98 valence electrons. The predicted molar refractivity (Wildman–Crippen MR) is 64.4 cm³/mol. The zero-order valence-corrected chi connectivity index (χ0v) is 10.1. The first-order chi connectivity index (χ1) is 9.06. The Hall–Kier alpha value is -2.63. The van der Waals surface area contributed by atoms with Gasteiger partial charge >= 0.3 is 5.97 Å². The zero-order valence-electron chi connectivity index (χ0n) is 10.1. The van der Waals surface area contributed by atoms with Gasteiger partial charge in [-0.25, -0.2) is 4.79 Å². The molecule has 1 aliphatic rings. The molecule has 1 aliphatic heterocycles. The third-order valence-electron chi connectivity index (χ3n) is 2.77. The molecule has 0 bridgehead atoms. The van der Waals surface area contributed by atoms with Gasteiger partial charge < -0.3 is 9.84 Å². The number of carboxylic acids is 1. The monoisotopic (exact) mass is 261 g/mol. The molecular formula is C13H11NO5. The maximum atomic E-state index is 11.6. The van der Waals surface area contributed by atoms with Gasteiger partial charge in [-0.05, 0) is 6.07 Å². The second kappa shape index (κ2) is 4.93. The number of aliphatic carboxylic acids is 1. The Balaban J connectivity index is 2.50. The lowest BCUT2D eigenvalue weighted by atomic mass is 10.0. The van der Waals surface area contributed by atoms with E-state index in [0.29, 0.717) is 10.6 Å². The number of amides is 2. The van der Waals surface area contributed by atoms with Crippen LogP contribution < -0.4 is 4.74 Å². The van der Waals surface area contributed by atoms with Crippen molar-refractivity contribution in [3.05, 3.63) is 42.0 Å². The highest BCUT2D eigenvalue weighted by atomic mass is 16.5. The molecule has 19 heavy (non-hydrogen) atoms. The van der Waals surface area contributed by atoms with Gasteiger partial charge in [0, 0.05) is 17.7 Å². The third kappa shape index (κ3) is 2.20. The van der Waals surface area contributed by atoms with Crippen LogP contribution in [0.2, 0.25) is 0 Å². The van der Waals surface area contributed by atoms with Crippen LogP contribution in [0, 0.1) is 0 Å². The van der Waals surface area contributed by atoms with Gasteiger partial charge in [-0.1, -0.05) is 18.2 Å².